The fraction of sp³-hybridized carbons (Fsp3) is 0.346. The van der Waals surface area contributed by atoms with E-state index >= 15 is 4.39 Å². The Balaban J connectivity index is 1.29. The minimum atomic E-state index is -1.60. The maximum atomic E-state index is 15.3. The number of hydrogen-bond donors (Lipinski definition) is 4. The van der Waals surface area contributed by atoms with Crippen LogP contribution in [0.3, 0.4) is 0 Å². The van der Waals surface area contributed by atoms with E-state index in [9.17, 15) is 33.1 Å². The Kier molecular flexibility index (Phi) is 5.66. The number of halogens is 3. The maximum absolute atomic E-state index is 15.3. The smallest absolute Gasteiger partial charge is 0.341 e. The van der Waals surface area contributed by atoms with Crippen LogP contribution < -0.4 is 26.7 Å². The number of anilines is 1. The largest absolute Gasteiger partial charge is 0.477 e. The molecule has 3 fully saturated rings. The minimum Gasteiger partial charge on any atom is -0.477 e. The van der Waals surface area contributed by atoms with E-state index in [2.05, 4.69) is 15.6 Å². The number of carbonyl (C=O) groups excluding carboxylic acids is 2. The third-order valence-corrected chi connectivity index (χ3v) is 8.11. The summed E-state index contributed by atoms with van der Waals surface area (Å²) >= 11 is 0. The van der Waals surface area contributed by atoms with Gasteiger partial charge in [0, 0.05) is 36.8 Å². The lowest BCUT2D eigenvalue weighted by atomic mass is 10.1. The van der Waals surface area contributed by atoms with Crippen molar-refractivity contribution in [2.45, 2.75) is 19.0 Å². The molecule has 0 radical (unpaired) electrons. The molecule has 0 bridgehead atoms. The average molecular weight is 557 g/mol. The highest BCUT2D eigenvalue weighted by atomic mass is 19.1. The van der Waals surface area contributed by atoms with Gasteiger partial charge in [0.1, 0.15) is 17.2 Å². The van der Waals surface area contributed by atoms with Crippen LogP contribution in [0.5, 0.6) is 0 Å². The highest BCUT2D eigenvalue weighted by Gasteiger charge is 2.89. The molecule has 2 aromatic heterocycles. The first-order chi connectivity index (χ1) is 18.9. The van der Waals surface area contributed by atoms with Crippen molar-refractivity contribution in [3.05, 3.63) is 63.7 Å². The summed E-state index contributed by atoms with van der Waals surface area (Å²) in [6.07, 6.45) is 0.880. The number of amides is 2. The van der Waals surface area contributed by atoms with Gasteiger partial charge >= 0.3 is 5.97 Å². The molecule has 2 amide bonds. The van der Waals surface area contributed by atoms with Crippen LogP contribution in [0.4, 0.5) is 19.0 Å². The molecule has 3 aromatic rings. The van der Waals surface area contributed by atoms with Crippen LogP contribution in [0, 0.1) is 34.7 Å². The van der Waals surface area contributed by atoms with Gasteiger partial charge in [-0.15, -0.1) is 0 Å². The summed E-state index contributed by atoms with van der Waals surface area (Å²) in [6.45, 7) is 2.07. The summed E-state index contributed by atoms with van der Waals surface area (Å²) in [5.41, 5.74) is 3.00. The van der Waals surface area contributed by atoms with Crippen molar-refractivity contribution >= 4 is 34.6 Å². The first-order valence-electron chi connectivity index (χ1n) is 12.5. The second-order valence-electron chi connectivity index (χ2n) is 10.5. The van der Waals surface area contributed by atoms with Gasteiger partial charge in [-0.1, -0.05) is 0 Å². The molecule has 2 saturated carbocycles. The molecule has 5 unspecified atom stereocenters. The number of benzene rings is 1. The van der Waals surface area contributed by atoms with Crippen LogP contribution in [-0.2, 0) is 9.59 Å². The molecule has 1 aliphatic heterocycles. The molecule has 1 saturated heterocycles. The van der Waals surface area contributed by atoms with E-state index in [0.29, 0.717) is 19.2 Å². The van der Waals surface area contributed by atoms with Gasteiger partial charge in [-0.05, 0) is 37.0 Å². The molecular weight excluding hydrogens is 533 g/mol. The van der Waals surface area contributed by atoms with Gasteiger partial charge in [0.05, 0.1) is 23.7 Å². The summed E-state index contributed by atoms with van der Waals surface area (Å²) in [5.74, 6) is -4.91. The van der Waals surface area contributed by atoms with Crippen molar-refractivity contribution < 1.29 is 32.7 Å². The van der Waals surface area contributed by atoms with Crippen molar-refractivity contribution in [2.24, 2.45) is 23.0 Å². The van der Waals surface area contributed by atoms with Gasteiger partial charge < -0.3 is 26.4 Å². The van der Waals surface area contributed by atoms with Gasteiger partial charge in [-0.25, -0.2) is 22.9 Å². The van der Waals surface area contributed by atoms with Crippen LogP contribution >= 0.6 is 0 Å². The van der Waals surface area contributed by atoms with Crippen LogP contribution in [0.25, 0.3) is 16.7 Å². The van der Waals surface area contributed by atoms with Crippen LogP contribution in [0.15, 0.2) is 35.3 Å². The summed E-state index contributed by atoms with van der Waals surface area (Å²) in [5, 5.41) is 14.4. The van der Waals surface area contributed by atoms with Crippen LogP contribution in [-0.4, -0.2) is 64.2 Å². The molecule has 3 heterocycles. The van der Waals surface area contributed by atoms with E-state index in [4.69, 9.17) is 5.73 Å². The third kappa shape index (κ3) is 3.81. The number of aromatic carboxylic acids is 1. The summed E-state index contributed by atoms with van der Waals surface area (Å²) < 4.78 is 44.6. The molecule has 5 N–H and O–H groups in total. The SMILES string of the molecule is CC(N)C(=O)NCC(=O)NC1C2C3CN(c4nc5c(cc4F)c(=O)c(C(=O)O)cn5-c4ccc(F)cc4F)CC312. The van der Waals surface area contributed by atoms with E-state index in [1.807, 2.05) is 0 Å². The number of nitrogens with two attached hydrogens (primary N) is 1. The lowest BCUT2D eigenvalue weighted by Crippen LogP contribution is -2.45. The minimum absolute atomic E-state index is 0.118. The number of piperidine rings is 1. The number of nitrogens with one attached hydrogen (secondary N) is 2. The number of carboxylic acid groups (broad SMARTS) is 1. The molecule has 208 valence electrons. The predicted octanol–water partition coefficient (Wildman–Crippen LogP) is 0.515. The Morgan fingerprint density at radius 1 is 1.23 bits per heavy atom. The van der Waals surface area contributed by atoms with Gasteiger partial charge in [0.2, 0.25) is 17.2 Å². The number of hydrogen-bond acceptors (Lipinski definition) is 7. The van der Waals surface area contributed by atoms with Crippen molar-refractivity contribution in [1.82, 2.24) is 20.2 Å². The van der Waals surface area contributed by atoms with E-state index in [-0.39, 0.29) is 58.3 Å². The topological polar surface area (TPSA) is 160 Å². The number of fused-ring (bicyclic) bond motifs is 2. The first-order valence-corrected chi connectivity index (χ1v) is 12.5. The summed E-state index contributed by atoms with van der Waals surface area (Å²) in [6, 6.07) is 2.61. The molecule has 6 rings (SSSR count). The zero-order valence-electron chi connectivity index (χ0n) is 21.0. The Morgan fingerprint density at radius 3 is 2.65 bits per heavy atom. The molecular formula is C26H23F3N6O5. The van der Waals surface area contributed by atoms with E-state index in [1.54, 1.807) is 4.90 Å². The Hall–Kier alpha value is -4.46. The van der Waals surface area contributed by atoms with Gasteiger partial charge in [-0.2, -0.15) is 0 Å². The molecule has 3 aliphatic rings. The molecule has 11 nitrogen and oxygen atoms in total. The second-order valence-corrected chi connectivity index (χ2v) is 10.5. The molecule has 40 heavy (non-hydrogen) atoms. The average Bonchev–Trinajstić information content (AvgIpc) is 3.68. The molecule has 1 spiro atoms. The highest BCUT2D eigenvalue weighted by molar-refractivity contribution is 5.93. The number of nitrogens with zero attached hydrogens (tertiary/aromatic N) is 3. The fourth-order valence-electron chi connectivity index (χ4n) is 6.03. The molecule has 14 heteroatoms. The Labute approximate surface area is 223 Å². The molecule has 5 atom stereocenters. The Morgan fingerprint density at radius 2 is 1.98 bits per heavy atom. The summed E-state index contributed by atoms with van der Waals surface area (Å²) in [4.78, 5) is 54.4. The van der Waals surface area contributed by atoms with Crippen molar-refractivity contribution in [3.8, 4) is 5.69 Å². The zero-order valence-corrected chi connectivity index (χ0v) is 21.0. The lowest BCUT2D eigenvalue weighted by molar-refractivity contribution is -0.126. The first kappa shape index (κ1) is 25.8. The quantitative estimate of drug-likeness (QED) is 0.328. The lowest BCUT2D eigenvalue weighted by Gasteiger charge is -2.21. The number of pyridine rings is 2. The van der Waals surface area contributed by atoms with E-state index < -0.39 is 46.4 Å². The second kappa shape index (κ2) is 8.78. The van der Waals surface area contributed by atoms with E-state index in [0.717, 1.165) is 29.0 Å². The predicted molar refractivity (Wildman–Crippen MR) is 134 cm³/mol. The van der Waals surface area contributed by atoms with Gasteiger partial charge in [0.15, 0.2) is 17.3 Å². The fourth-order valence-corrected chi connectivity index (χ4v) is 6.03. The maximum Gasteiger partial charge on any atom is 0.341 e. The number of carbonyl (C=O) groups is 3. The number of carboxylic acids is 1. The van der Waals surface area contributed by atoms with Crippen molar-refractivity contribution in [2.75, 3.05) is 24.5 Å². The number of rotatable bonds is 7. The molecule has 1 aromatic carbocycles. The Bertz CT molecular complexity index is 1690. The highest BCUT2D eigenvalue weighted by Crippen LogP contribution is 2.82. The van der Waals surface area contributed by atoms with Crippen LogP contribution in [0.2, 0.25) is 0 Å². The van der Waals surface area contributed by atoms with Gasteiger partial charge in [0.25, 0.3) is 0 Å². The van der Waals surface area contributed by atoms with E-state index in [1.165, 1.54) is 6.92 Å². The standard InChI is InChI=1S/C26H23F3N6O5/c1-10(30)24(38)31-6-18(36)32-21-19-14-8-34(9-26(14,19)21)23-16(29)5-12-20(37)13(25(39)40)7-35(22(12)33-23)17-3-2-11(27)4-15(17)28/h2-5,7,10,14,19,21H,6,8-9,30H2,1H3,(H,31,38)(H,32,36)(H,39,40). The van der Waals surface area contributed by atoms with Crippen molar-refractivity contribution in [1.29, 1.82) is 0 Å². The normalized spacial score (nSPS) is 24.7. The molecule has 2 aliphatic carbocycles. The monoisotopic (exact) mass is 556 g/mol. The zero-order chi connectivity index (χ0) is 28.7. The van der Waals surface area contributed by atoms with Crippen LogP contribution in [0.1, 0.15) is 17.3 Å². The summed E-state index contributed by atoms with van der Waals surface area (Å²) in [7, 11) is 0. The van der Waals surface area contributed by atoms with Gasteiger partial charge in [-0.3, -0.25) is 19.0 Å². The third-order valence-electron chi connectivity index (χ3n) is 8.11. The number of aromatic nitrogens is 2. The van der Waals surface area contributed by atoms with Crippen molar-refractivity contribution in [3.63, 3.8) is 0 Å².